The van der Waals surface area contributed by atoms with Gasteiger partial charge in [0.25, 0.3) is 5.91 Å². The molecule has 36 heavy (non-hydrogen) atoms. The number of rotatable bonds is 10. The fourth-order valence-corrected chi connectivity index (χ4v) is 4.08. The molecular weight excluding hydrogens is 460 g/mol. The van der Waals surface area contributed by atoms with Gasteiger partial charge < -0.3 is 14.8 Å². The number of nitrogens with one attached hydrogen (secondary N) is 2. The van der Waals surface area contributed by atoms with Crippen molar-refractivity contribution in [3.05, 3.63) is 48.0 Å². The van der Waals surface area contributed by atoms with Crippen molar-refractivity contribution in [3.63, 3.8) is 0 Å². The van der Waals surface area contributed by atoms with Crippen molar-refractivity contribution in [1.82, 2.24) is 10.8 Å². The van der Waals surface area contributed by atoms with E-state index in [-0.39, 0.29) is 19.6 Å². The Labute approximate surface area is 213 Å². The first kappa shape index (κ1) is 27.6. The zero-order valence-electron chi connectivity index (χ0n) is 22.1. The lowest BCUT2D eigenvalue weighted by Gasteiger charge is -2.30. The Hall–Kier alpha value is -2.97. The van der Waals surface area contributed by atoms with Gasteiger partial charge >= 0.3 is 5.97 Å². The number of hydrogen-bond donors (Lipinski definition) is 2. The van der Waals surface area contributed by atoms with Gasteiger partial charge in [0.05, 0.1) is 18.1 Å². The highest BCUT2D eigenvalue weighted by Gasteiger charge is 2.46. The average molecular weight is 499 g/mol. The quantitative estimate of drug-likeness (QED) is 0.382. The molecule has 3 atom stereocenters. The van der Waals surface area contributed by atoms with Gasteiger partial charge in [-0.2, -0.15) is 0 Å². The van der Waals surface area contributed by atoms with E-state index in [9.17, 15) is 14.4 Å². The lowest BCUT2D eigenvalue weighted by molar-refractivity contribution is -0.163. The maximum absolute atomic E-state index is 13.7. The van der Waals surface area contributed by atoms with Crippen LogP contribution < -0.4 is 10.8 Å². The first-order valence-corrected chi connectivity index (χ1v) is 12.5. The zero-order valence-corrected chi connectivity index (χ0v) is 22.1. The molecular formula is C28H38N2O6. The number of amides is 2. The van der Waals surface area contributed by atoms with Gasteiger partial charge in [-0.15, -0.1) is 0 Å². The zero-order chi connectivity index (χ0) is 26.5. The second kappa shape index (κ2) is 11.4. The molecule has 1 fully saturated rings. The van der Waals surface area contributed by atoms with Crippen molar-refractivity contribution in [2.75, 3.05) is 13.2 Å². The molecule has 2 amide bonds. The Morgan fingerprint density at radius 3 is 2.42 bits per heavy atom. The van der Waals surface area contributed by atoms with Crippen molar-refractivity contribution in [2.24, 2.45) is 11.3 Å². The van der Waals surface area contributed by atoms with Gasteiger partial charge in [-0.1, -0.05) is 63.2 Å². The largest absolute Gasteiger partial charge is 0.463 e. The van der Waals surface area contributed by atoms with E-state index >= 15 is 0 Å². The summed E-state index contributed by atoms with van der Waals surface area (Å²) in [6.07, 6.45) is -0.230. The molecule has 196 valence electrons. The number of benzene rings is 2. The van der Waals surface area contributed by atoms with Crippen LogP contribution in [0.5, 0.6) is 0 Å². The van der Waals surface area contributed by atoms with Gasteiger partial charge in [-0.3, -0.25) is 14.4 Å². The Morgan fingerprint density at radius 1 is 1.11 bits per heavy atom. The average Bonchev–Trinajstić information content (AvgIpc) is 3.08. The topological polar surface area (TPSA) is 103 Å². The van der Waals surface area contributed by atoms with Crippen LogP contribution >= 0.6 is 0 Å². The van der Waals surface area contributed by atoms with Gasteiger partial charge in [-0.05, 0) is 49.9 Å². The molecule has 1 saturated heterocycles. The van der Waals surface area contributed by atoms with E-state index in [1.807, 2.05) is 84.0 Å². The van der Waals surface area contributed by atoms with Crippen molar-refractivity contribution in [3.8, 4) is 0 Å². The molecule has 0 saturated carbocycles. The maximum Gasteiger partial charge on any atom is 0.329 e. The Bertz CT molecular complexity index is 1090. The second-order valence-corrected chi connectivity index (χ2v) is 11.0. The first-order valence-electron chi connectivity index (χ1n) is 12.5. The number of cyclic esters (lactones) is 1. The molecule has 8 nitrogen and oxygen atoms in total. The highest BCUT2D eigenvalue weighted by Crippen LogP contribution is 2.29. The molecule has 0 unspecified atom stereocenters. The van der Waals surface area contributed by atoms with E-state index in [1.54, 1.807) is 0 Å². The highest BCUT2D eigenvalue weighted by atomic mass is 16.7. The summed E-state index contributed by atoms with van der Waals surface area (Å²) in [5.41, 5.74) is 2.14. The van der Waals surface area contributed by atoms with Crippen LogP contribution in [0.15, 0.2) is 42.5 Å². The molecule has 1 aliphatic heterocycles. The number of hydroxylamine groups is 1. The number of hydrogen-bond acceptors (Lipinski definition) is 6. The highest BCUT2D eigenvalue weighted by molar-refractivity contribution is 5.92. The lowest BCUT2D eigenvalue weighted by Crippen LogP contribution is -2.54. The van der Waals surface area contributed by atoms with Crippen molar-refractivity contribution in [2.45, 2.75) is 72.1 Å². The van der Waals surface area contributed by atoms with E-state index in [1.165, 1.54) is 0 Å². The standard InChI is InChI=1S/C28H38N2O6/c1-7-14-34-22(25(32)30-36-27(2,3)4)21(24(31)29-23-26(33)35-17-28(23,5)6)16-18-12-13-19-10-8-9-11-20(19)15-18/h8-13,15,21-23H,7,14,16-17H2,1-6H3,(H,29,31)(H,30,32)/t21-,22+,23-/m1/s1. The van der Waals surface area contributed by atoms with Crippen LogP contribution in [0.2, 0.25) is 0 Å². The molecule has 0 radical (unpaired) electrons. The van der Waals surface area contributed by atoms with E-state index in [4.69, 9.17) is 14.3 Å². The smallest absolute Gasteiger partial charge is 0.329 e. The molecule has 0 spiro atoms. The van der Waals surface area contributed by atoms with Gasteiger partial charge in [0, 0.05) is 12.0 Å². The molecule has 0 aromatic heterocycles. The van der Waals surface area contributed by atoms with E-state index in [0.717, 1.165) is 16.3 Å². The Morgan fingerprint density at radius 2 is 1.81 bits per heavy atom. The summed E-state index contributed by atoms with van der Waals surface area (Å²) in [7, 11) is 0. The molecule has 0 bridgehead atoms. The van der Waals surface area contributed by atoms with Crippen LogP contribution in [0.3, 0.4) is 0 Å². The van der Waals surface area contributed by atoms with Crippen LogP contribution in [0.25, 0.3) is 10.8 Å². The molecule has 0 aliphatic carbocycles. The summed E-state index contributed by atoms with van der Waals surface area (Å²) >= 11 is 0. The van der Waals surface area contributed by atoms with Crippen molar-refractivity contribution < 1.29 is 28.7 Å². The van der Waals surface area contributed by atoms with E-state index in [0.29, 0.717) is 6.42 Å². The minimum atomic E-state index is -1.13. The second-order valence-electron chi connectivity index (χ2n) is 11.0. The minimum absolute atomic E-state index is 0.210. The van der Waals surface area contributed by atoms with Crippen molar-refractivity contribution in [1.29, 1.82) is 0 Å². The first-order chi connectivity index (χ1) is 16.9. The Kier molecular flexibility index (Phi) is 8.74. The summed E-state index contributed by atoms with van der Waals surface area (Å²) in [5.74, 6) is -2.39. The fraction of sp³-hybridized carbons (Fsp3) is 0.536. The summed E-state index contributed by atoms with van der Waals surface area (Å²) in [4.78, 5) is 44.8. The number of carbonyl (C=O) groups excluding carboxylic acids is 3. The predicted molar refractivity (Wildman–Crippen MR) is 137 cm³/mol. The Balaban J connectivity index is 1.93. The SMILES string of the molecule is CCCO[C@H](C(=O)NOC(C)(C)C)[C@@H](Cc1ccc2ccccc2c1)C(=O)N[C@@H]1C(=O)OCC1(C)C. The monoisotopic (exact) mass is 498 g/mol. The van der Waals surface area contributed by atoms with Crippen LogP contribution in [0, 0.1) is 11.3 Å². The summed E-state index contributed by atoms with van der Waals surface area (Å²) in [6, 6.07) is 13.1. The van der Waals surface area contributed by atoms with Crippen LogP contribution in [0.4, 0.5) is 0 Å². The fourth-order valence-electron chi connectivity index (χ4n) is 4.08. The van der Waals surface area contributed by atoms with Gasteiger partial charge in [0.15, 0.2) is 0 Å². The van der Waals surface area contributed by atoms with E-state index in [2.05, 4.69) is 10.8 Å². The van der Waals surface area contributed by atoms with Crippen LogP contribution in [-0.4, -0.2) is 48.7 Å². The normalized spacial score (nSPS) is 18.9. The van der Waals surface area contributed by atoms with Gasteiger partial charge in [0.1, 0.15) is 12.1 Å². The molecule has 1 heterocycles. The molecule has 1 aliphatic rings. The molecule has 8 heteroatoms. The summed E-state index contributed by atoms with van der Waals surface area (Å²) in [5, 5.41) is 4.95. The predicted octanol–water partition coefficient (Wildman–Crippen LogP) is 3.71. The minimum Gasteiger partial charge on any atom is -0.463 e. The van der Waals surface area contributed by atoms with Crippen LogP contribution in [-0.2, 0) is 35.1 Å². The van der Waals surface area contributed by atoms with Crippen LogP contribution in [0.1, 0.15) is 53.5 Å². The third kappa shape index (κ3) is 7.04. The number of esters is 1. The number of ether oxygens (including phenoxy) is 2. The maximum atomic E-state index is 13.7. The summed E-state index contributed by atoms with van der Waals surface area (Å²) in [6.45, 7) is 11.6. The molecule has 2 aromatic carbocycles. The molecule has 2 N–H and O–H groups in total. The van der Waals surface area contributed by atoms with Crippen molar-refractivity contribution >= 4 is 28.6 Å². The number of carbonyl (C=O) groups is 3. The number of fused-ring (bicyclic) bond motifs is 1. The van der Waals surface area contributed by atoms with Gasteiger partial charge in [0.2, 0.25) is 5.91 Å². The molecule has 2 aromatic rings. The lowest BCUT2D eigenvalue weighted by atomic mass is 9.86. The third-order valence-electron chi connectivity index (χ3n) is 6.08. The third-order valence-corrected chi connectivity index (χ3v) is 6.08. The molecule has 3 rings (SSSR count). The van der Waals surface area contributed by atoms with E-state index < -0.39 is 46.9 Å². The van der Waals surface area contributed by atoms with Gasteiger partial charge in [-0.25, -0.2) is 10.3 Å². The summed E-state index contributed by atoms with van der Waals surface area (Å²) < 4.78 is 11.1.